The Morgan fingerprint density at radius 2 is 2.29 bits per heavy atom. The lowest BCUT2D eigenvalue weighted by Gasteiger charge is -2.15. The van der Waals surface area contributed by atoms with E-state index in [0.29, 0.717) is 19.4 Å². The monoisotopic (exact) mass is 319 g/mol. The van der Waals surface area contributed by atoms with Crippen LogP contribution in [0.5, 0.6) is 0 Å². The molecule has 0 aromatic carbocycles. The van der Waals surface area contributed by atoms with Crippen LogP contribution >= 0.6 is 22.7 Å². The van der Waals surface area contributed by atoms with Crippen LogP contribution in [0.4, 0.5) is 0 Å². The first-order chi connectivity index (χ1) is 10.2. The van der Waals surface area contributed by atoms with Crippen molar-refractivity contribution in [3.8, 4) is 11.8 Å². The molecule has 0 fully saturated rings. The lowest BCUT2D eigenvalue weighted by molar-refractivity contribution is -0.129. The zero-order chi connectivity index (χ0) is 15.1. The van der Waals surface area contributed by atoms with E-state index in [4.69, 9.17) is 5.11 Å². The van der Waals surface area contributed by atoms with Gasteiger partial charge in [-0.05, 0) is 28.5 Å². The number of thiophene rings is 2. The van der Waals surface area contributed by atoms with Gasteiger partial charge in [0, 0.05) is 29.3 Å². The largest absolute Gasteiger partial charge is 0.395 e. The highest BCUT2D eigenvalue weighted by atomic mass is 32.1. The summed E-state index contributed by atoms with van der Waals surface area (Å²) in [7, 11) is 1.82. The minimum Gasteiger partial charge on any atom is -0.395 e. The van der Waals surface area contributed by atoms with Crippen molar-refractivity contribution in [1.29, 1.82) is 0 Å². The van der Waals surface area contributed by atoms with E-state index < -0.39 is 0 Å². The van der Waals surface area contributed by atoms with Gasteiger partial charge in [0.15, 0.2) is 0 Å². The van der Waals surface area contributed by atoms with Gasteiger partial charge in [0.1, 0.15) is 0 Å². The molecule has 0 aliphatic rings. The molecular weight excluding hydrogens is 302 g/mol. The topological polar surface area (TPSA) is 40.5 Å². The highest BCUT2D eigenvalue weighted by molar-refractivity contribution is 7.10. The summed E-state index contributed by atoms with van der Waals surface area (Å²) in [6.07, 6.45) is 0.943. The zero-order valence-electron chi connectivity index (χ0n) is 11.8. The summed E-state index contributed by atoms with van der Waals surface area (Å²) in [5.74, 6) is 6.02. The third-order valence-electron chi connectivity index (χ3n) is 2.88. The summed E-state index contributed by atoms with van der Waals surface area (Å²) in [4.78, 5) is 15.0. The first-order valence-corrected chi connectivity index (χ1v) is 8.43. The lowest BCUT2D eigenvalue weighted by atomic mass is 10.2. The molecule has 0 saturated carbocycles. The van der Waals surface area contributed by atoms with Crippen LogP contribution in [0.2, 0.25) is 0 Å². The number of hydrogen-bond acceptors (Lipinski definition) is 4. The molecule has 0 spiro atoms. The smallest absolute Gasteiger partial charge is 0.227 e. The second kappa shape index (κ2) is 7.99. The number of carbonyl (C=O) groups is 1. The van der Waals surface area contributed by atoms with E-state index >= 15 is 0 Å². The van der Waals surface area contributed by atoms with Crippen LogP contribution in [0.1, 0.15) is 22.4 Å². The number of aliphatic hydroxyl groups excluding tert-OH is 1. The molecule has 1 amide bonds. The molecule has 2 heterocycles. The number of carbonyl (C=O) groups excluding carboxylic acids is 1. The molecule has 21 heavy (non-hydrogen) atoms. The van der Waals surface area contributed by atoms with Crippen LogP contribution in [0, 0.1) is 11.8 Å². The van der Waals surface area contributed by atoms with E-state index in [1.54, 1.807) is 27.6 Å². The standard InChI is InChI=1S/C16H17NO2S2/c1-17(16(19)9-14-5-7-20-11-14)10-15-8-13(12-21-15)4-2-3-6-18/h5,7-8,11-12,18H,3,6,9-10H2,1H3. The Morgan fingerprint density at radius 1 is 1.43 bits per heavy atom. The van der Waals surface area contributed by atoms with Gasteiger partial charge in [0.25, 0.3) is 0 Å². The molecule has 0 radical (unpaired) electrons. The van der Waals surface area contributed by atoms with Crippen LogP contribution < -0.4 is 0 Å². The minimum absolute atomic E-state index is 0.0871. The predicted molar refractivity (Wildman–Crippen MR) is 87.4 cm³/mol. The Hall–Kier alpha value is -1.61. The molecule has 110 valence electrons. The van der Waals surface area contributed by atoms with Gasteiger partial charge in [-0.15, -0.1) is 11.3 Å². The van der Waals surface area contributed by atoms with Crippen molar-refractivity contribution in [3.05, 3.63) is 44.3 Å². The van der Waals surface area contributed by atoms with E-state index in [2.05, 4.69) is 11.8 Å². The molecule has 0 aliphatic carbocycles. The first-order valence-electron chi connectivity index (χ1n) is 6.61. The number of aliphatic hydroxyl groups is 1. The average molecular weight is 319 g/mol. The number of rotatable bonds is 5. The summed E-state index contributed by atoms with van der Waals surface area (Å²) in [5.41, 5.74) is 2.01. The van der Waals surface area contributed by atoms with E-state index in [1.165, 1.54) is 0 Å². The van der Waals surface area contributed by atoms with Gasteiger partial charge in [-0.25, -0.2) is 0 Å². The third kappa shape index (κ3) is 5.01. The maximum atomic E-state index is 12.1. The van der Waals surface area contributed by atoms with E-state index in [1.807, 2.05) is 35.3 Å². The van der Waals surface area contributed by atoms with Crippen LogP contribution in [-0.2, 0) is 17.8 Å². The predicted octanol–water partition coefficient (Wildman–Crippen LogP) is 2.74. The van der Waals surface area contributed by atoms with Crippen molar-refractivity contribution in [2.45, 2.75) is 19.4 Å². The second-order valence-corrected chi connectivity index (χ2v) is 6.41. The third-order valence-corrected chi connectivity index (χ3v) is 4.53. The Labute approximate surface area is 132 Å². The van der Waals surface area contributed by atoms with Crippen molar-refractivity contribution >= 4 is 28.6 Å². The van der Waals surface area contributed by atoms with Crippen LogP contribution in [0.3, 0.4) is 0 Å². The number of hydrogen-bond donors (Lipinski definition) is 1. The molecule has 2 aromatic heterocycles. The molecule has 1 N–H and O–H groups in total. The minimum atomic E-state index is 0.0871. The SMILES string of the molecule is CN(Cc1cc(C#CCCO)cs1)C(=O)Cc1ccsc1. The Morgan fingerprint density at radius 3 is 3.00 bits per heavy atom. The molecule has 0 saturated heterocycles. The fourth-order valence-corrected chi connectivity index (χ4v) is 3.31. The highest BCUT2D eigenvalue weighted by Crippen LogP contribution is 2.16. The summed E-state index contributed by atoms with van der Waals surface area (Å²) in [5, 5.41) is 14.7. The van der Waals surface area contributed by atoms with E-state index in [9.17, 15) is 4.79 Å². The van der Waals surface area contributed by atoms with Gasteiger partial charge < -0.3 is 10.0 Å². The number of likely N-dealkylation sites (N-methyl/N-ethyl adjacent to an activating group) is 1. The normalized spacial score (nSPS) is 10.0. The highest BCUT2D eigenvalue weighted by Gasteiger charge is 2.11. The van der Waals surface area contributed by atoms with Crippen molar-refractivity contribution in [2.75, 3.05) is 13.7 Å². The van der Waals surface area contributed by atoms with Gasteiger partial charge in [-0.1, -0.05) is 11.8 Å². The van der Waals surface area contributed by atoms with Gasteiger partial charge in [0.05, 0.1) is 19.6 Å². The Kier molecular flexibility index (Phi) is 6.00. The summed E-state index contributed by atoms with van der Waals surface area (Å²) in [6, 6.07) is 3.99. The van der Waals surface area contributed by atoms with Gasteiger partial charge in [-0.3, -0.25) is 4.79 Å². The lowest BCUT2D eigenvalue weighted by Crippen LogP contribution is -2.27. The maximum absolute atomic E-state index is 12.1. The van der Waals surface area contributed by atoms with Crippen molar-refractivity contribution in [3.63, 3.8) is 0 Å². The molecule has 0 unspecified atom stereocenters. The van der Waals surface area contributed by atoms with Crippen LogP contribution in [0.15, 0.2) is 28.3 Å². The molecule has 2 rings (SSSR count). The molecule has 0 aliphatic heterocycles. The first kappa shape index (κ1) is 15.8. The molecule has 5 heteroatoms. The number of amides is 1. The fraction of sp³-hybridized carbons (Fsp3) is 0.312. The molecule has 0 atom stereocenters. The van der Waals surface area contributed by atoms with Gasteiger partial charge >= 0.3 is 0 Å². The zero-order valence-corrected chi connectivity index (χ0v) is 13.5. The number of nitrogens with zero attached hydrogens (tertiary/aromatic N) is 1. The van der Waals surface area contributed by atoms with Gasteiger partial charge in [-0.2, -0.15) is 11.3 Å². The Bertz CT molecular complexity index is 635. The Balaban J connectivity index is 1.89. The molecule has 2 aromatic rings. The van der Waals surface area contributed by atoms with E-state index in [-0.39, 0.29) is 12.5 Å². The van der Waals surface area contributed by atoms with Crippen molar-refractivity contribution in [2.24, 2.45) is 0 Å². The second-order valence-electron chi connectivity index (χ2n) is 4.64. The molecule has 3 nitrogen and oxygen atoms in total. The fourth-order valence-electron chi connectivity index (χ4n) is 1.77. The summed E-state index contributed by atoms with van der Waals surface area (Å²) >= 11 is 3.21. The van der Waals surface area contributed by atoms with Crippen molar-refractivity contribution < 1.29 is 9.90 Å². The van der Waals surface area contributed by atoms with Crippen LogP contribution in [-0.4, -0.2) is 29.6 Å². The quantitative estimate of drug-likeness (QED) is 0.861. The maximum Gasteiger partial charge on any atom is 0.227 e. The van der Waals surface area contributed by atoms with Crippen LogP contribution in [0.25, 0.3) is 0 Å². The van der Waals surface area contributed by atoms with Gasteiger partial charge in [0.2, 0.25) is 5.91 Å². The van der Waals surface area contributed by atoms with E-state index in [0.717, 1.165) is 16.0 Å². The molecule has 0 bridgehead atoms. The average Bonchev–Trinajstić information content (AvgIpc) is 3.11. The molecular formula is C16H17NO2S2. The summed E-state index contributed by atoms with van der Waals surface area (Å²) in [6.45, 7) is 0.694. The summed E-state index contributed by atoms with van der Waals surface area (Å²) < 4.78 is 0. The van der Waals surface area contributed by atoms with Crippen molar-refractivity contribution in [1.82, 2.24) is 4.90 Å².